The average Bonchev–Trinajstić information content (AvgIpc) is 2.84. The molecule has 36 heavy (non-hydrogen) atoms. The van der Waals surface area contributed by atoms with Crippen molar-refractivity contribution < 1.29 is 22.0 Å². The molecule has 0 heterocycles. The maximum absolute atomic E-state index is 15.2. The van der Waals surface area contributed by atoms with E-state index in [4.69, 9.17) is 11.6 Å². The Morgan fingerprint density at radius 3 is 1.94 bits per heavy atom. The fraction of sp³-hybridized carbons (Fsp3) is 0.267. The third-order valence-electron chi connectivity index (χ3n) is 6.47. The number of hydrogen-bond donors (Lipinski definition) is 0. The lowest BCUT2D eigenvalue weighted by Gasteiger charge is -2.12. The lowest BCUT2D eigenvalue weighted by molar-refractivity contribution is 0.579. The number of unbranched alkanes of at least 4 members (excludes halogenated alkanes) is 3. The van der Waals surface area contributed by atoms with Crippen LogP contribution in [0.1, 0.15) is 49.3 Å². The molecule has 0 aliphatic heterocycles. The molecule has 4 rings (SSSR count). The van der Waals surface area contributed by atoms with Crippen molar-refractivity contribution in [2.24, 2.45) is 0 Å². The summed E-state index contributed by atoms with van der Waals surface area (Å²) in [6.07, 6.45) is 5.14. The summed E-state index contributed by atoms with van der Waals surface area (Å²) in [5.74, 6) is -3.47. The Labute approximate surface area is 212 Å². The fourth-order valence-corrected chi connectivity index (χ4v) is 4.63. The maximum Gasteiger partial charge on any atom is 0.145 e. The Kier molecular flexibility index (Phi) is 8.30. The van der Waals surface area contributed by atoms with Crippen molar-refractivity contribution in [3.05, 3.63) is 105 Å². The Balaban J connectivity index is 1.56. The fourth-order valence-electron chi connectivity index (χ4n) is 4.52. The van der Waals surface area contributed by atoms with E-state index in [-0.39, 0.29) is 18.4 Å². The van der Waals surface area contributed by atoms with Crippen LogP contribution in [0.2, 0.25) is 5.02 Å². The summed E-state index contributed by atoms with van der Waals surface area (Å²) in [4.78, 5) is 0. The average molecular weight is 517 g/mol. The van der Waals surface area contributed by atoms with Crippen LogP contribution in [0.25, 0.3) is 21.9 Å². The normalized spacial score (nSPS) is 11.4. The highest BCUT2D eigenvalue weighted by molar-refractivity contribution is 6.30. The summed E-state index contributed by atoms with van der Waals surface area (Å²) in [7, 11) is 0. The van der Waals surface area contributed by atoms with Gasteiger partial charge in [0, 0.05) is 5.39 Å². The molecule has 0 aliphatic carbocycles. The van der Waals surface area contributed by atoms with Crippen LogP contribution in [-0.2, 0) is 19.3 Å². The Hall–Kier alpha value is -2.92. The van der Waals surface area contributed by atoms with Gasteiger partial charge in [0.15, 0.2) is 0 Å². The molecule has 4 aromatic carbocycles. The second-order valence-electron chi connectivity index (χ2n) is 9.09. The second-order valence-corrected chi connectivity index (χ2v) is 9.47. The number of hydrogen-bond acceptors (Lipinski definition) is 0. The lowest BCUT2D eigenvalue weighted by Crippen LogP contribution is -1.98. The van der Waals surface area contributed by atoms with Gasteiger partial charge in [0.1, 0.15) is 34.1 Å². The smallest absolute Gasteiger partial charge is 0.145 e. The summed E-state index contributed by atoms with van der Waals surface area (Å²) >= 11 is 5.52. The highest BCUT2D eigenvalue weighted by Crippen LogP contribution is 2.32. The molecule has 0 amide bonds. The van der Waals surface area contributed by atoms with Crippen molar-refractivity contribution in [2.45, 2.75) is 51.9 Å². The molecule has 0 aromatic heterocycles. The minimum atomic E-state index is -0.859. The Morgan fingerprint density at radius 2 is 1.28 bits per heavy atom. The van der Waals surface area contributed by atoms with Crippen molar-refractivity contribution in [3.63, 3.8) is 0 Å². The highest BCUT2D eigenvalue weighted by Gasteiger charge is 2.16. The van der Waals surface area contributed by atoms with Crippen molar-refractivity contribution in [3.8, 4) is 11.1 Å². The minimum Gasteiger partial charge on any atom is -0.206 e. The number of benzene rings is 4. The molecule has 0 fully saturated rings. The van der Waals surface area contributed by atoms with E-state index in [1.54, 1.807) is 18.2 Å². The molecule has 0 bridgehead atoms. The molecule has 0 N–H and O–H groups in total. The van der Waals surface area contributed by atoms with Crippen LogP contribution in [0.3, 0.4) is 0 Å². The number of aryl methyl sites for hydroxylation is 3. The monoisotopic (exact) mass is 516 g/mol. The standard InChI is InChI=1S/C30H26ClF5/c1-2-3-4-5-6-18-13-24(32)28(25(33)14-18)22-11-12-23-21(17-22)10-9-20(30(23)36)8-7-19-15-26(34)29(31)27(35)16-19/h9-17H,2-8H2,1H3. The van der Waals surface area contributed by atoms with Gasteiger partial charge in [-0.3, -0.25) is 0 Å². The van der Waals surface area contributed by atoms with Gasteiger partial charge >= 0.3 is 0 Å². The minimum absolute atomic E-state index is 0.134. The Bertz CT molecular complexity index is 1350. The molecule has 6 heteroatoms. The van der Waals surface area contributed by atoms with E-state index >= 15 is 4.39 Å². The third-order valence-corrected chi connectivity index (χ3v) is 6.83. The molecule has 0 spiro atoms. The molecule has 4 aromatic rings. The van der Waals surface area contributed by atoms with E-state index in [1.807, 2.05) is 0 Å². The number of fused-ring (bicyclic) bond motifs is 1. The molecule has 0 nitrogen and oxygen atoms in total. The maximum atomic E-state index is 15.2. The molecular weight excluding hydrogens is 491 g/mol. The zero-order valence-corrected chi connectivity index (χ0v) is 20.7. The zero-order valence-electron chi connectivity index (χ0n) is 19.9. The van der Waals surface area contributed by atoms with E-state index in [1.165, 1.54) is 24.3 Å². The first-order valence-corrected chi connectivity index (χ1v) is 12.5. The number of halogens is 6. The largest absolute Gasteiger partial charge is 0.206 e. The molecule has 188 valence electrons. The first-order valence-electron chi connectivity index (χ1n) is 12.1. The molecule has 0 radical (unpaired) electrons. The van der Waals surface area contributed by atoms with Gasteiger partial charge in [0.05, 0.1) is 5.56 Å². The van der Waals surface area contributed by atoms with Crippen LogP contribution >= 0.6 is 11.6 Å². The highest BCUT2D eigenvalue weighted by atomic mass is 35.5. The second kappa shape index (κ2) is 11.4. The van der Waals surface area contributed by atoms with Crippen LogP contribution < -0.4 is 0 Å². The SMILES string of the molecule is CCCCCCc1cc(F)c(-c2ccc3c(F)c(CCc4cc(F)c(Cl)c(F)c4)ccc3c2)c(F)c1. The van der Waals surface area contributed by atoms with Gasteiger partial charge in [-0.1, -0.05) is 62.1 Å². The molecule has 0 aliphatic rings. The predicted octanol–water partition coefficient (Wildman–Crippen LogP) is 9.76. The van der Waals surface area contributed by atoms with Crippen molar-refractivity contribution in [2.75, 3.05) is 0 Å². The van der Waals surface area contributed by atoms with Crippen molar-refractivity contribution in [1.82, 2.24) is 0 Å². The molecule has 0 unspecified atom stereocenters. The van der Waals surface area contributed by atoms with Gasteiger partial charge in [0.25, 0.3) is 0 Å². The summed E-state index contributed by atoms with van der Waals surface area (Å²) < 4.78 is 72.3. The summed E-state index contributed by atoms with van der Waals surface area (Å²) in [6.45, 7) is 2.11. The summed E-state index contributed by atoms with van der Waals surface area (Å²) in [6, 6.07) is 12.8. The van der Waals surface area contributed by atoms with Crippen molar-refractivity contribution >= 4 is 22.4 Å². The van der Waals surface area contributed by atoms with E-state index in [9.17, 15) is 17.6 Å². The van der Waals surface area contributed by atoms with E-state index in [0.717, 1.165) is 37.8 Å². The predicted molar refractivity (Wildman–Crippen MR) is 136 cm³/mol. The van der Waals surface area contributed by atoms with E-state index in [0.29, 0.717) is 39.4 Å². The van der Waals surface area contributed by atoms with E-state index in [2.05, 4.69) is 6.92 Å². The van der Waals surface area contributed by atoms with Crippen LogP contribution in [0.4, 0.5) is 22.0 Å². The lowest BCUT2D eigenvalue weighted by atomic mass is 9.95. The summed E-state index contributed by atoms with van der Waals surface area (Å²) in [5.41, 5.74) is 1.56. The van der Waals surface area contributed by atoms with Crippen LogP contribution in [0.5, 0.6) is 0 Å². The molecule has 0 saturated carbocycles. The molecule has 0 atom stereocenters. The Morgan fingerprint density at radius 1 is 0.639 bits per heavy atom. The van der Waals surface area contributed by atoms with Gasteiger partial charge in [-0.25, -0.2) is 22.0 Å². The zero-order chi connectivity index (χ0) is 25.8. The first-order chi connectivity index (χ1) is 17.3. The van der Waals surface area contributed by atoms with Gasteiger partial charge in [-0.2, -0.15) is 0 Å². The van der Waals surface area contributed by atoms with Gasteiger partial charge < -0.3 is 0 Å². The van der Waals surface area contributed by atoms with Crippen LogP contribution in [0.15, 0.2) is 54.6 Å². The van der Waals surface area contributed by atoms with E-state index < -0.39 is 34.1 Å². The molecule has 0 saturated heterocycles. The quantitative estimate of drug-likeness (QED) is 0.118. The molecular formula is C30H26ClF5. The van der Waals surface area contributed by atoms with Gasteiger partial charge in [0.2, 0.25) is 0 Å². The number of rotatable bonds is 9. The van der Waals surface area contributed by atoms with Crippen LogP contribution in [0, 0.1) is 29.1 Å². The van der Waals surface area contributed by atoms with Crippen LogP contribution in [-0.4, -0.2) is 0 Å². The first kappa shape index (κ1) is 26.2. The topological polar surface area (TPSA) is 0 Å². The summed E-state index contributed by atoms with van der Waals surface area (Å²) in [5, 5.41) is 0.235. The van der Waals surface area contributed by atoms with Gasteiger partial charge in [-0.05, 0) is 83.7 Å². The van der Waals surface area contributed by atoms with Crippen molar-refractivity contribution in [1.29, 1.82) is 0 Å². The van der Waals surface area contributed by atoms with Gasteiger partial charge in [-0.15, -0.1) is 0 Å². The third kappa shape index (κ3) is 5.73.